The number of sulfone groups is 1. The molecule has 0 atom stereocenters. The molecule has 0 amide bonds. The first-order valence-corrected chi connectivity index (χ1v) is 9.89. The van der Waals surface area contributed by atoms with Gasteiger partial charge in [-0.05, 0) is 35.3 Å². The molecule has 0 aliphatic rings. The highest BCUT2D eigenvalue weighted by molar-refractivity contribution is 7.91. The molecule has 0 aromatic heterocycles. The minimum absolute atomic E-state index is 0.0879. The summed E-state index contributed by atoms with van der Waals surface area (Å²) in [6, 6.07) is 28.6. The highest BCUT2D eigenvalue weighted by Gasteiger charge is 2.15. The van der Waals surface area contributed by atoms with E-state index in [2.05, 4.69) is 6.08 Å². The number of hydrogen-bond donors (Lipinski definition) is 0. The van der Waals surface area contributed by atoms with E-state index in [1.54, 1.807) is 24.3 Å². The lowest BCUT2D eigenvalue weighted by Crippen LogP contribution is -2.07. The Labute approximate surface area is 149 Å². The minimum atomic E-state index is -3.30. The number of hydrogen-bond acceptors (Lipinski definition) is 2. The Morgan fingerprint density at radius 2 is 1.24 bits per heavy atom. The van der Waals surface area contributed by atoms with Gasteiger partial charge in [-0.1, -0.05) is 84.9 Å². The Hall–Kier alpha value is -2.65. The predicted octanol–water partition coefficient (Wildman–Crippen LogP) is 5.09. The zero-order valence-corrected chi connectivity index (χ0v) is 14.7. The highest BCUT2D eigenvalue weighted by atomic mass is 32.2. The maximum Gasteiger partial charge on any atom is 0.178 e. The van der Waals surface area contributed by atoms with E-state index in [1.165, 1.54) is 0 Å². The van der Waals surface area contributed by atoms with Crippen LogP contribution < -0.4 is 0 Å². The summed E-state index contributed by atoms with van der Waals surface area (Å²) >= 11 is 0. The van der Waals surface area contributed by atoms with Gasteiger partial charge in [0.1, 0.15) is 0 Å². The summed E-state index contributed by atoms with van der Waals surface area (Å²) in [4.78, 5) is 0.377. The molecule has 0 radical (unpaired) electrons. The monoisotopic (exact) mass is 348 g/mol. The van der Waals surface area contributed by atoms with Crippen molar-refractivity contribution in [3.05, 3.63) is 102 Å². The molecule has 126 valence electrons. The second kappa shape index (κ2) is 7.95. The molecule has 3 heteroatoms. The Morgan fingerprint density at radius 3 is 1.84 bits per heavy atom. The second-order valence-corrected chi connectivity index (χ2v) is 7.94. The lowest BCUT2D eigenvalue weighted by Gasteiger charge is -2.10. The van der Waals surface area contributed by atoms with Gasteiger partial charge < -0.3 is 0 Å². The van der Waals surface area contributed by atoms with Crippen molar-refractivity contribution in [2.75, 3.05) is 5.75 Å². The van der Waals surface area contributed by atoms with Crippen LogP contribution in [0.5, 0.6) is 0 Å². The van der Waals surface area contributed by atoms with Crippen LogP contribution in [0.25, 0.3) is 11.6 Å². The molecule has 2 nitrogen and oxygen atoms in total. The van der Waals surface area contributed by atoms with Gasteiger partial charge in [0.05, 0.1) is 10.6 Å². The molecule has 25 heavy (non-hydrogen) atoms. The zero-order valence-electron chi connectivity index (χ0n) is 13.9. The van der Waals surface area contributed by atoms with Gasteiger partial charge in [0.25, 0.3) is 0 Å². The summed E-state index contributed by atoms with van der Waals surface area (Å²) in [5.74, 6) is 0.0879. The van der Waals surface area contributed by atoms with E-state index in [0.717, 1.165) is 16.7 Å². The Bertz CT molecular complexity index is 929. The number of allylic oxidation sites excluding steroid dienone is 1. The normalized spacial score (nSPS) is 12.1. The van der Waals surface area contributed by atoms with Gasteiger partial charge in [-0.25, -0.2) is 8.42 Å². The van der Waals surface area contributed by atoms with Gasteiger partial charge in [0.2, 0.25) is 0 Å². The first-order chi connectivity index (χ1) is 12.1. The SMILES string of the molecule is O=S(=O)(CC/C(=C/c1ccccc1)c1ccccc1)c1ccccc1. The Morgan fingerprint density at radius 1 is 0.720 bits per heavy atom. The molecule has 0 unspecified atom stereocenters. The summed E-state index contributed by atoms with van der Waals surface area (Å²) in [6.07, 6.45) is 2.53. The number of benzene rings is 3. The third-order valence-corrected chi connectivity index (χ3v) is 5.76. The zero-order chi connectivity index (χ0) is 17.5. The number of rotatable bonds is 6. The van der Waals surface area contributed by atoms with Crippen molar-refractivity contribution in [2.45, 2.75) is 11.3 Å². The minimum Gasteiger partial charge on any atom is -0.224 e. The quantitative estimate of drug-likeness (QED) is 0.581. The maximum atomic E-state index is 12.6. The van der Waals surface area contributed by atoms with E-state index in [-0.39, 0.29) is 5.75 Å². The van der Waals surface area contributed by atoms with E-state index in [9.17, 15) is 8.42 Å². The van der Waals surface area contributed by atoms with Crippen LogP contribution in [0.3, 0.4) is 0 Å². The fourth-order valence-electron chi connectivity index (χ4n) is 2.69. The lowest BCUT2D eigenvalue weighted by molar-refractivity contribution is 0.596. The molecule has 0 heterocycles. The van der Waals surface area contributed by atoms with Gasteiger partial charge >= 0.3 is 0 Å². The standard InChI is InChI=1S/C22H20O2S/c23-25(24,22-14-8-3-9-15-22)17-16-21(20-12-6-2-7-13-20)18-19-10-4-1-5-11-19/h1-15,18H,16-17H2/b21-18-. The molecule has 0 aliphatic carbocycles. The van der Waals surface area contributed by atoms with E-state index >= 15 is 0 Å². The summed E-state index contributed by atoms with van der Waals surface area (Å²) in [7, 11) is -3.30. The van der Waals surface area contributed by atoms with E-state index in [1.807, 2.05) is 66.7 Å². The first-order valence-electron chi connectivity index (χ1n) is 8.24. The molecule has 0 spiro atoms. The molecular formula is C22H20O2S. The van der Waals surface area contributed by atoms with Crippen molar-refractivity contribution in [3.8, 4) is 0 Å². The van der Waals surface area contributed by atoms with Crippen LogP contribution in [0.1, 0.15) is 17.5 Å². The molecule has 3 aromatic carbocycles. The third-order valence-electron chi connectivity index (χ3n) is 4.03. The van der Waals surface area contributed by atoms with Crippen LogP contribution in [-0.4, -0.2) is 14.2 Å². The summed E-state index contributed by atoms with van der Waals surface area (Å²) in [5, 5.41) is 0. The van der Waals surface area contributed by atoms with Gasteiger partial charge in [-0.3, -0.25) is 0 Å². The van der Waals surface area contributed by atoms with Crippen LogP contribution >= 0.6 is 0 Å². The van der Waals surface area contributed by atoms with Crippen LogP contribution in [0.4, 0.5) is 0 Å². The van der Waals surface area contributed by atoms with Crippen molar-refractivity contribution in [1.82, 2.24) is 0 Å². The maximum absolute atomic E-state index is 12.6. The summed E-state index contributed by atoms with van der Waals surface area (Å²) in [5.41, 5.74) is 3.14. The molecule has 0 aliphatic heterocycles. The molecule has 3 aromatic rings. The molecular weight excluding hydrogens is 328 g/mol. The van der Waals surface area contributed by atoms with Gasteiger partial charge in [-0.15, -0.1) is 0 Å². The van der Waals surface area contributed by atoms with Crippen LogP contribution in [-0.2, 0) is 9.84 Å². The molecule has 0 bridgehead atoms. The average Bonchev–Trinajstić information content (AvgIpc) is 2.67. The molecule has 0 N–H and O–H groups in total. The van der Waals surface area contributed by atoms with Crippen molar-refractivity contribution in [2.24, 2.45) is 0 Å². The van der Waals surface area contributed by atoms with Crippen LogP contribution in [0, 0.1) is 0 Å². The van der Waals surface area contributed by atoms with E-state index < -0.39 is 9.84 Å². The second-order valence-electron chi connectivity index (χ2n) is 5.83. The third kappa shape index (κ3) is 4.68. The van der Waals surface area contributed by atoms with E-state index in [0.29, 0.717) is 11.3 Å². The predicted molar refractivity (Wildman–Crippen MR) is 104 cm³/mol. The van der Waals surface area contributed by atoms with Crippen molar-refractivity contribution in [1.29, 1.82) is 0 Å². The fraction of sp³-hybridized carbons (Fsp3) is 0.0909. The van der Waals surface area contributed by atoms with Gasteiger partial charge in [-0.2, -0.15) is 0 Å². The average molecular weight is 348 g/mol. The first kappa shape index (κ1) is 17.2. The Kier molecular flexibility index (Phi) is 5.46. The molecule has 0 saturated heterocycles. The van der Waals surface area contributed by atoms with Crippen LogP contribution in [0.2, 0.25) is 0 Å². The summed E-state index contributed by atoms with van der Waals surface area (Å²) in [6.45, 7) is 0. The van der Waals surface area contributed by atoms with Gasteiger partial charge in [0.15, 0.2) is 9.84 Å². The van der Waals surface area contributed by atoms with Crippen molar-refractivity contribution >= 4 is 21.5 Å². The van der Waals surface area contributed by atoms with Crippen molar-refractivity contribution < 1.29 is 8.42 Å². The topological polar surface area (TPSA) is 34.1 Å². The summed E-state index contributed by atoms with van der Waals surface area (Å²) < 4.78 is 25.2. The van der Waals surface area contributed by atoms with Gasteiger partial charge in [0, 0.05) is 0 Å². The highest BCUT2D eigenvalue weighted by Crippen LogP contribution is 2.24. The smallest absolute Gasteiger partial charge is 0.178 e. The molecule has 0 saturated carbocycles. The molecule has 0 fully saturated rings. The van der Waals surface area contributed by atoms with Crippen molar-refractivity contribution in [3.63, 3.8) is 0 Å². The lowest BCUT2D eigenvalue weighted by atomic mass is 10.0. The van der Waals surface area contributed by atoms with E-state index in [4.69, 9.17) is 0 Å². The van der Waals surface area contributed by atoms with Crippen LogP contribution in [0.15, 0.2) is 95.9 Å². The molecule has 3 rings (SSSR count). The fourth-order valence-corrected chi connectivity index (χ4v) is 3.99. The Balaban J connectivity index is 1.88. The largest absolute Gasteiger partial charge is 0.224 e.